The van der Waals surface area contributed by atoms with E-state index >= 15 is 0 Å². The van der Waals surface area contributed by atoms with Crippen LogP contribution < -0.4 is 24.9 Å². The number of rotatable bonds is 12. The van der Waals surface area contributed by atoms with Crippen LogP contribution in [0.1, 0.15) is 60.7 Å². The molecule has 2 N–H and O–H groups in total. The number of carbonyl (C=O) groups is 2. The zero-order valence-electron chi connectivity index (χ0n) is 49.5. The number of carbonyl (C=O) groups excluding carboxylic acids is 1. The maximum atomic E-state index is 13.5. The predicted molar refractivity (Wildman–Crippen MR) is 330 cm³/mol. The molecular formula is C62H68F2N16O5S2. The molecule has 0 unspecified atom stereocenters. The molecule has 1 amide bonds. The lowest BCUT2D eigenvalue weighted by Gasteiger charge is -2.61. The molecule has 6 aromatic heterocycles. The number of nitrogens with zero attached hydrogens (tertiary/aromatic N) is 15. The molecule has 14 rings (SSSR count). The van der Waals surface area contributed by atoms with Gasteiger partial charge >= 0.3 is 5.97 Å². The number of carboxylic acid groups (broad SMARTS) is 1. The predicted octanol–water partition coefficient (Wildman–Crippen LogP) is 9.31. The van der Waals surface area contributed by atoms with Crippen LogP contribution in [0.15, 0.2) is 60.7 Å². The lowest BCUT2D eigenvalue weighted by atomic mass is 9.72. The van der Waals surface area contributed by atoms with Crippen LogP contribution in [0, 0.1) is 70.8 Å². The minimum Gasteiger partial charge on any atom is -0.481 e. The van der Waals surface area contributed by atoms with Gasteiger partial charge in [-0.1, -0.05) is 22.7 Å². The number of nitrogens with one attached hydrogen (secondary N) is 1. The van der Waals surface area contributed by atoms with Crippen molar-refractivity contribution in [2.45, 2.75) is 66.5 Å². The summed E-state index contributed by atoms with van der Waals surface area (Å²) in [6.07, 6.45) is 3.01. The second kappa shape index (κ2) is 24.2. The molecule has 2 spiro atoms. The van der Waals surface area contributed by atoms with Gasteiger partial charge in [0.05, 0.1) is 39.5 Å². The van der Waals surface area contributed by atoms with E-state index in [4.69, 9.17) is 44.7 Å². The average molecular weight is 1220 g/mol. The van der Waals surface area contributed by atoms with Crippen molar-refractivity contribution < 1.29 is 33.0 Å². The third kappa shape index (κ3) is 11.4. The van der Waals surface area contributed by atoms with Gasteiger partial charge in [-0.05, 0) is 114 Å². The number of pyridine rings is 2. The van der Waals surface area contributed by atoms with Crippen LogP contribution in [0.3, 0.4) is 0 Å². The van der Waals surface area contributed by atoms with Gasteiger partial charge in [0.1, 0.15) is 56.6 Å². The SMILES string of the molecule is CCn1nc2nc(C)c(N3CC4(CN(C(=O)C5CCOCC5)C4)C3)cc2c1N(C)c1nc(-c2ccc(F)cc2)c(C#N)s1.CCn1nc2nc(C)c(N3CC4(CNC4)C3)cc2c1N(C)c1nc(-c2ccc(F)cc2)c(C#N)s1.O=C(O)C1CCOCC1. The molecular weight excluding hydrogens is 1150 g/mol. The third-order valence-corrected chi connectivity index (χ3v) is 19.6. The Balaban J connectivity index is 0.000000151. The Kier molecular flexibility index (Phi) is 16.4. The number of aryl methyl sites for hydroxylation is 4. The molecule has 0 radical (unpaired) electrons. The minimum atomic E-state index is -0.682. The number of hydrogen-bond donors (Lipinski definition) is 2. The second-order valence-corrected chi connectivity index (χ2v) is 25.5. The van der Waals surface area contributed by atoms with Crippen LogP contribution in [0.5, 0.6) is 0 Å². The van der Waals surface area contributed by atoms with Crippen molar-refractivity contribution in [3.63, 3.8) is 0 Å². The fourth-order valence-corrected chi connectivity index (χ4v) is 14.4. The zero-order valence-corrected chi connectivity index (χ0v) is 51.1. The number of aromatic nitrogens is 8. The number of aliphatic carboxylic acids is 1. The van der Waals surface area contributed by atoms with Gasteiger partial charge in [-0.25, -0.2) is 38.1 Å². The van der Waals surface area contributed by atoms with Crippen LogP contribution >= 0.6 is 22.7 Å². The summed E-state index contributed by atoms with van der Waals surface area (Å²) in [7, 11) is 3.86. The highest BCUT2D eigenvalue weighted by Crippen LogP contribution is 2.47. The van der Waals surface area contributed by atoms with Crippen LogP contribution in [0.25, 0.3) is 44.6 Å². The topological polar surface area (TPSA) is 236 Å². The van der Waals surface area contributed by atoms with E-state index in [1.807, 2.05) is 65.9 Å². The van der Waals surface area contributed by atoms with E-state index in [1.54, 1.807) is 24.3 Å². The summed E-state index contributed by atoms with van der Waals surface area (Å²) in [5.74, 6) is 0.641. The van der Waals surface area contributed by atoms with Gasteiger partial charge in [0.25, 0.3) is 0 Å². The number of nitriles is 2. The van der Waals surface area contributed by atoms with Crippen molar-refractivity contribution in [2.75, 3.05) is 112 Å². The fourth-order valence-electron chi connectivity index (χ4n) is 12.7. The van der Waals surface area contributed by atoms with Gasteiger partial charge in [-0.3, -0.25) is 9.59 Å². The number of fused-ring (bicyclic) bond motifs is 2. The summed E-state index contributed by atoms with van der Waals surface area (Å²) in [5.41, 5.74) is 8.54. The van der Waals surface area contributed by atoms with E-state index in [0.717, 1.165) is 110 Å². The first kappa shape index (κ1) is 59.1. The highest BCUT2D eigenvalue weighted by atomic mass is 32.1. The zero-order chi connectivity index (χ0) is 60.9. The molecule has 0 atom stereocenters. The van der Waals surface area contributed by atoms with Crippen LogP contribution in [0.2, 0.25) is 0 Å². The molecule has 21 nitrogen and oxygen atoms in total. The van der Waals surface area contributed by atoms with Crippen LogP contribution in [-0.4, -0.2) is 154 Å². The Morgan fingerprint density at radius 2 is 1.07 bits per heavy atom. The number of carboxylic acids is 1. The van der Waals surface area contributed by atoms with Crippen molar-refractivity contribution in [2.24, 2.45) is 22.7 Å². The number of likely N-dealkylation sites (tertiary alicyclic amines) is 1. The number of anilines is 6. The first-order chi connectivity index (χ1) is 42.0. The highest BCUT2D eigenvalue weighted by Gasteiger charge is 2.54. The maximum absolute atomic E-state index is 13.5. The third-order valence-electron chi connectivity index (χ3n) is 17.5. The van der Waals surface area contributed by atoms with E-state index in [1.165, 1.54) is 46.9 Å². The number of benzene rings is 2. The van der Waals surface area contributed by atoms with Gasteiger partial charge in [-0.2, -0.15) is 20.7 Å². The van der Waals surface area contributed by atoms with E-state index in [9.17, 15) is 28.9 Å². The lowest BCUT2D eigenvalue weighted by molar-refractivity contribution is -0.152. The maximum Gasteiger partial charge on any atom is 0.306 e. The summed E-state index contributed by atoms with van der Waals surface area (Å²) < 4.78 is 41.2. The second-order valence-electron chi connectivity index (χ2n) is 23.5. The van der Waals surface area contributed by atoms with Crippen molar-refractivity contribution in [3.8, 4) is 34.7 Å². The average Bonchev–Trinajstić information content (AvgIpc) is 1.17. The van der Waals surface area contributed by atoms with Crippen molar-refractivity contribution in [3.05, 3.63) is 93.4 Å². The van der Waals surface area contributed by atoms with Gasteiger partial charge < -0.3 is 44.4 Å². The first-order valence-corrected chi connectivity index (χ1v) is 31.1. The fraction of sp³-hybridized carbons (Fsp3) is 0.452. The molecule has 2 aromatic carbocycles. The van der Waals surface area contributed by atoms with Crippen molar-refractivity contribution >= 4 is 89.9 Å². The Morgan fingerprint density at radius 1 is 0.655 bits per heavy atom. The van der Waals surface area contributed by atoms with Gasteiger partial charge in [0, 0.05) is 134 Å². The highest BCUT2D eigenvalue weighted by molar-refractivity contribution is 7.17. The van der Waals surface area contributed by atoms with Crippen molar-refractivity contribution in [1.82, 2.24) is 49.7 Å². The van der Waals surface area contributed by atoms with E-state index in [2.05, 4.69) is 39.4 Å². The molecule has 6 aliphatic heterocycles. The number of halogens is 2. The Bertz CT molecular complexity index is 3960. The molecule has 6 aliphatic rings. The smallest absolute Gasteiger partial charge is 0.306 e. The van der Waals surface area contributed by atoms with Crippen LogP contribution in [-0.2, 0) is 32.2 Å². The monoisotopic (exact) mass is 1220 g/mol. The summed E-state index contributed by atoms with van der Waals surface area (Å²) in [6, 6.07) is 21.0. The van der Waals surface area contributed by atoms with E-state index in [0.29, 0.717) is 112 Å². The first-order valence-electron chi connectivity index (χ1n) is 29.5. The molecule has 6 saturated heterocycles. The Labute approximate surface area is 510 Å². The molecule has 0 bridgehead atoms. The Morgan fingerprint density at radius 3 is 1.44 bits per heavy atom. The Hall–Kier alpha value is -8.20. The number of hydrogen-bond acceptors (Lipinski definition) is 19. The summed E-state index contributed by atoms with van der Waals surface area (Å²) in [6.45, 7) is 19.7. The number of ether oxygens (including phenoxy) is 2. The van der Waals surface area contributed by atoms with Gasteiger partial charge in [0.15, 0.2) is 21.6 Å². The van der Waals surface area contributed by atoms with E-state index < -0.39 is 5.97 Å². The summed E-state index contributed by atoms with van der Waals surface area (Å²) >= 11 is 2.61. The van der Waals surface area contributed by atoms with Crippen molar-refractivity contribution in [1.29, 1.82) is 10.5 Å². The molecule has 452 valence electrons. The largest absolute Gasteiger partial charge is 0.481 e. The quantitative estimate of drug-likeness (QED) is 0.116. The summed E-state index contributed by atoms with van der Waals surface area (Å²) in [4.78, 5) is 54.2. The molecule has 87 heavy (non-hydrogen) atoms. The summed E-state index contributed by atoms with van der Waals surface area (Å²) in [5, 5.41) is 44.2. The molecule has 0 aliphatic carbocycles. The molecule has 8 aromatic rings. The molecule has 6 fully saturated rings. The van der Waals surface area contributed by atoms with Gasteiger partial charge in [-0.15, -0.1) is 0 Å². The number of thiazole rings is 2. The standard InChI is InChI=1S/C31H33FN8O2S.C25H25FN8S.C6H10O3/c1-4-40-28(37(3)30-35-26(25(14-33)43-30)20-5-7-22(32)8-6-20)23-13-24(19(2)34-27(23)36-40)38-15-31(16-38)17-39(18-31)29(41)21-9-11-42-12-10-21;1-4-34-23(32(3)24-30-21(20(10-27)35-24)16-5-7-17(26)8-6-16)18-9-19(15(2)29-22(18)31-34)33-13-25(14-33)11-28-12-25;7-6(8)5-1-3-9-4-2-5/h5-8,13,21H,4,9-12,15-18H2,1-3H3;5-9,28H,4,11-14H2,1-3H3;5H,1-4H2,(H,7,8). The molecule has 12 heterocycles. The van der Waals surface area contributed by atoms with Gasteiger partial charge in [0.2, 0.25) is 5.91 Å². The molecule has 0 saturated carbocycles. The van der Waals surface area contributed by atoms with Crippen LogP contribution in [0.4, 0.5) is 42.1 Å². The normalized spacial score (nSPS) is 17.7. The molecule has 25 heteroatoms. The number of amides is 1. The van der Waals surface area contributed by atoms with E-state index in [-0.39, 0.29) is 34.8 Å². The minimum absolute atomic E-state index is 0.107. The lowest BCUT2D eigenvalue weighted by Crippen LogP contribution is -2.73.